The highest BCUT2D eigenvalue weighted by atomic mass is 35.5. The van der Waals surface area contributed by atoms with Gasteiger partial charge in [0.15, 0.2) is 0 Å². The number of aromatic amines is 1. The van der Waals surface area contributed by atoms with E-state index in [2.05, 4.69) is 16.8 Å². The maximum Gasteiger partial charge on any atom is 0.285 e. The molecule has 0 saturated carbocycles. The smallest absolute Gasteiger partial charge is 0.285 e. The summed E-state index contributed by atoms with van der Waals surface area (Å²) in [5, 5.41) is 6.40. The molecule has 0 aliphatic rings. The molecule has 4 nitrogen and oxygen atoms in total. The number of hydrogen-bond donors (Lipinski definition) is 1. The van der Waals surface area contributed by atoms with Gasteiger partial charge in [-0.15, -0.1) is 5.10 Å². The Morgan fingerprint density at radius 2 is 2.17 bits per heavy atom. The van der Waals surface area contributed by atoms with Gasteiger partial charge in [-0.3, -0.25) is 9.89 Å². The molecule has 0 fully saturated rings. The summed E-state index contributed by atoms with van der Waals surface area (Å²) in [7, 11) is 0. The van der Waals surface area contributed by atoms with E-state index in [0.29, 0.717) is 5.75 Å². The van der Waals surface area contributed by atoms with Gasteiger partial charge in [0.05, 0.1) is 0 Å². The van der Waals surface area contributed by atoms with Crippen LogP contribution in [0.25, 0.3) is 5.57 Å². The number of rotatable bonds is 3. The number of aromatic nitrogens is 2. The second-order valence-electron chi connectivity index (χ2n) is 3.76. The van der Waals surface area contributed by atoms with Crippen molar-refractivity contribution in [2.75, 3.05) is 0 Å². The van der Waals surface area contributed by atoms with Crippen LogP contribution in [0.3, 0.4) is 0 Å². The highest BCUT2D eigenvalue weighted by Gasteiger charge is 2.09. The van der Waals surface area contributed by atoms with E-state index in [1.165, 1.54) is 6.07 Å². The summed E-state index contributed by atoms with van der Waals surface area (Å²) in [5.74, 6) is 0.485. The van der Waals surface area contributed by atoms with Crippen LogP contribution in [0.4, 0.5) is 0 Å². The summed E-state index contributed by atoms with van der Waals surface area (Å²) in [5.41, 5.74) is 1.29. The lowest BCUT2D eigenvalue weighted by Gasteiger charge is -2.09. The molecule has 0 spiro atoms. The molecule has 1 N–H and O–H groups in total. The third-order valence-electron chi connectivity index (χ3n) is 2.29. The van der Waals surface area contributed by atoms with E-state index in [1.54, 1.807) is 6.07 Å². The highest BCUT2D eigenvalue weighted by molar-refractivity contribution is 6.29. The molecule has 92 valence electrons. The first kappa shape index (κ1) is 12.4. The third-order valence-corrected chi connectivity index (χ3v) is 2.48. The molecule has 0 unspecified atom stereocenters. The molecule has 0 bridgehead atoms. The van der Waals surface area contributed by atoms with Gasteiger partial charge in [-0.25, -0.2) is 0 Å². The lowest BCUT2D eigenvalue weighted by Crippen LogP contribution is -2.07. The fourth-order valence-corrected chi connectivity index (χ4v) is 1.60. The second kappa shape index (κ2) is 5.06. The maximum absolute atomic E-state index is 11.6. The Morgan fingerprint density at radius 1 is 1.44 bits per heavy atom. The van der Waals surface area contributed by atoms with Gasteiger partial charge in [0.25, 0.3) is 5.88 Å². The Hall–Kier alpha value is -2.07. The predicted molar refractivity (Wildman–Crippen MR) is 71.1 cm³/mol. The number of nitrogens with zero attached hydrogens (tertiary/aromatic N) is 1. The molecule has 0 aliphatic carbocycles. The van der Waals surface area contributed by atoms with Crippen molar-refractivity contribution in [3.05, 3.63) is 57.9 Å². The van der Waals surface area contributed by atoms with E-state index >= 15 is 0 Å². The standard InChI is InChI=1S/C13H11ClN2O2/c1-8(2)9-5-3-4-6-11(9)18-13-10(17)7-12(14)15-16-13/h3-7H,1H2,2H3,(H,15,17). The van der Waals surface area contributed by atoms with Gasteiger partial charge in [-0.1, -0.05) is 36.4 Å². The number of H-pyrrole nitrogens is 1. The molecule has 1 heterocycles. The van der Waals surface area contributed by atoms with Gasteiger partial charge < -0.3 is 4.74 Å². The van der Waals surface area contributed by atoms with E-state index in [0.717, 1.165) is 11.1 Å². The van der Waals surface area contributed by atoms with E-state index in [1.807, 2.05) is 25.1 Å². The van der Waals surface area contributed by atoms with Crippen molar-refractivity contribution in [2.24, 2.45) is 0 Å². The predicted octanol–water partition coefficient (Wildman–Crippen LogP) is 3.25. The number of allylic oxidation sites excluding steroid dienone is 1. The van der Waals surface area contributed by atoms with Crippen LogP contribution in [0.2, 0.25) is 5.15 Å². The minimum Gasteiger partial charge on any atom is -0.434 e. The number of nitrogens with one attached hydrogen (secondary N) is 1. The second-order valence-corrected chi connectivity index (χ2v) is 4.17. The molecule has 2 rings (SSSR count). The zero-order valence-corrected chi connectivity index (χ0v) is 10.5. The van der Waals surface area contributed by atoms with Gasteiger partial charge in [0.1, 0.15) is 10.9 Å². The van der Waals surface area contributed by atoms with Crippen molar-refractivity contribution >= 4 is 17.2 Å². The minimum absolute atomic E-state index is 0.0481. The summed E-state index contributed by atoms with van der Waals surface area (Å²) in [6.07, 6.45) is 0. The summed E-state index contributed by atoms with van der Waals surface area (Å²) in [6, 6.07) is 8.51. The molecule has 0 aliphatic heterocycles. The SMILES string of the molecule is C=C(C)c1ccccc1Oc1n[nH]c(Cl)cc1=O. The average molecular weight is 263 g/mol. The van der Waals surface area contributed by atoms with Crippen molar-refractivity contribution in [1.82, 2.24) is 10.2 Å². The normalized spacial score (nSPS) is 10.1. The van der Waals surface area contributed by atoms with E-state index in [-0.39, 0.29) is 16.5 Å². The maximum atomic E-state index is 11.6. The van der Waals surface area contributed by atoms with Crippen molar-refractivity contribution in [3.8, 4) is 11.6 Å². The third kappa shape index (κ3) is 2.60. The van der Waals surface area contributed by atoms with Crippen molar-refractivity contribution in [3.63, 3.8) is 0 Å². The van der Waals surface area contributed by atoms with Crippen LogP contribution in [-0.2, 0) is 0 Å². The zero-order valence-electron chi connectivity index (χ0n) is 9.74. The van der Waals surface area contributed by atoms with E-state index in [9.17, 15) is 4.79 Å². The van der Waals surface area contributed by atoms with Crippen molar-refractivity contribution in [1.29, 1.82) is 0 Å². The van der Waals surface area contributed by atoms with Gasteiger partial charge in [0.2, 0.25) is 5.43 Å². The lowest BCUT2D eigenvalue weighted by molar-refractivity contribution is 0.449. The lowest BCUT2D eigenvalue weighted by atomic mass is 10.1. The van der Waals surface area contributed by atoms with Crippen LogP contribution < -0.4 is 10.2 Å². The molecule has 1 aromatic carbocycles. The van der Waals surface area contributed by atoms with Gasteiger partial charge in [-0.2, -0.15) is 0 Å². The summed E-state index contributed by atoms with van der Waals surface area (Å²) < 4.78 is 5.48. The minimum atomic E-state index is -0.379. The van der Waals surface area contributed by atoms with Crippen LogP contribution in [-0.4, -0.2) is 10.2 Å². The Kier molecular flexibility index (Phi) is 3.48. The Bertz CT molecular complexity index is 649. The number of hydrogen-bond acceptors (Lipinski definition) is 3. The first-order valence-corrected chi connectivity index (χ1v) is 5.63. The zero-order chi connectivity index (χ0) is 13.1. The molecule has 0 amide bonds. The molecule has 18 heavy (non-hydrogen) atoms. The fourth-order valence-electron chi connectivity index (χ4n) is 1.45. The van der Waals surface area contributed by atoms with E-state index < -0.39 is 0 Å². The quantitative estimate of drug-likeness (QED) is 0.924. The number of ether oxygens (including phenoxy) is 1. The largest absolute Gasteiger partial charge is 0.434 e. The van der Waals surface area contributed by atoms with Crippen LogP contribution in [0.5, 0.6) is 11.6 Å². The average Bonchev–Trinajstić information content (AvgIpc) is 2.33. The topological polar surface area (TPSA) is 55.0 Å². The monoisotopic (exact) mass is 262 g/mol. The van der Waals surface area contributed by atoms with Crippen molar-refractivity contribution in [2.45, 2.75) is 6.92 Å². The molecular weight excluding hydrogens is 252 g/mol. The van der Waals surface area contributed by atoms with Gasteiger partial charge in [-0.05, 0) is 18.6 Å². The molecule has 2 aromatic rings. The summed E-state index contributed by atoms with van der Waals surface area (Å²) in [4.78, 5) is 11.6. The highest BCUT2D eigenvalue weighted by Crippen LogP contribution is 2.26. The molecule has 5 heteroatoms. The Labute approximate surface area is 109 Å². The first-order chi connectivity index (χ1) is 8.58. The summed E-state index contributed by atoms with van der Waals surface area (Å²) >= 11 is 5.61. The van der Waals surface area contributed by atoms with Crippen LogP contribution in [0.15, 0.2) is 41.7 Å². The van der Waals surface area contributed by atoms with Gasteiger partial charge >= 0.3 is 0 Å². The molecule has 1 aromatic heterocycles. The van der Waals surface area contributed by atoms with Crippen LogP contribution >= 0.6 is 11.6 Å². The fraction of sp³-hybridized carbons (Fsp3) is 0.0769. The first-order valence-electron chi connectivity index (χ1n) is 5.26. The Morgan fingerprint density at radius 3 is 2.83 bits per heavy atom. The van der Waals surface area contributed by atoms with Gasteiger partial charge in [0, 0.05) is 11.6 Å². The Balaban J connectivity index is 2.40. The van der Waals surface area contributed by atoms with Crippen molar-refractivity contribution < 1.29 is 4.74 Å². The molecule has 0 radical (unpaired) electrons. The molecule has 0 atom stereocenters. The molecule has 0 saturated heterocycles. The van der Waals surface area contributed by atoms with Crippen LogP contribution in [0.1, 0.15) is 12.5 Å². The number of halogens is 1. The molecular formula is C13H11ClN2O2. The number of benzene rings is 1. The van der Waals surface area contributed by atoms with Crippen LogP contribution in [0, 0.1) is 0 Å². The summed E-state index contributed by atoms with van der Waals surface area (Å²) in [6.45, 7) is 5.72. The van der Waals surface area contributed by atoms with E-state index in [4.69, 9.17) is 16.3 Å². The number of para-hydroxylation sites is 1.